The molecule has 0 saturated carbocycles. The van der Waals surface area contributed by atoms with Gasteiger partial charge in [-0.1, -0.05) is 6.42 Å². The summed E-state index contributed by atoms with van der Waals surface area (Å²) in [6, 6.07) is -0.764. The third-order valence-corrected chi connectivity index (χ3v) is 2.99. The fourth-order valence-corrected chi connectivity index (χ4v) is 1.65. The highest BCUT2D eigenvalue weighted by molar-refractivity contribution is 5.90. The second-order valence-electron chi connectivity index (χ2n) is 4.42. The lowest BCUT2D eigenvalue weighted by Gasteiger charge is -2.31. The molecule has 1 aliphatic heterocycles. The molecule has 0 aromatic rings. The Balaban J connectivity index is 2.78. The number of nitrogens with one attached hydrogen (secondary N) is 2. The predicted octanol–water partition coefficient (Wildman–Crippen LogP) is 0.650. The molecular weight excluding hydrogens is 253 g/mol. The normalized spacial score (nSPS) is 24.1. The Bertz CT molecular complexity index is 340. The van der Waals surface area contributed by atoms with Crippen molar-refractivity contribution in [3.8, 4) is 0 Å². The van der Waals surface area contributed by atoms with E-state index >= 15 is 0 Å². The highest BCUT2D eigenvalue weighted by Gasteiger charge is 2.58. The second kappa shape index (κ2) is 5.13. The number of halogens is 3. The zero-order valence-corrected chi connectivity index (χ0v) is 9.80. The number of hydrogen-bond donors (Lipinski definition) is 3. The van der Waals surface area contributed by atoms with Crippen molar-refractivity contribution in [1.82, 2.24) is 10.6 Å². The predicted molar refractivity (Wildman–Crippen MR) is 55.9 cm³/mol. The maximum atomic E-state index is 12.7. The molecule has 0 spiro atoms. The molecule has 0 radical (unpaired) electrons. The van der Waals surface area contributed by atoms with Crippen molar-refractivity contribution < 1.29 is 27.9 Å². The summed E-state index contributed by atoms with van der Waals surface area (Å²) in [7, 11) is 0. The third-order valence-electron chi connectivity index (χ3n) is 2.99. The molecule has 1 amide bonds. The largest absolute Gasteiger partial charge is 0.479 e. The minimum Gasteiger partial charge on any atom is -0.479 e. The lowest BCUT2D eigenvalue weighted by Crippen LogP contribution is -2.64. The van der Waals surface area contributed by atoms with Crippen LogP contribution >= 0.6 is 0 Å². The zero-order chi connectivity index (χ0) is 14.0. The average molecular weight is 268 g/mol. The minimum absolute atomic E-state index is 0.402. The number of carboxylic acids is 1. The van der Waals surface area contributed by atoms with Crippen LogP contribution in [-0.4, -0.2) is 41.3 Å². The second-order valence-corrected chi connectivity index (χ2v) is 4.42. The summed E-state index contributed by atoms with van der Waals surface area (Å²) in [5.41, 5.74) is -3.26. The Morgan fingerprint density at radius 2 is 1.94 bits per heavy atom. The summed E-state index contributed by atoms with van der Waals surface area (Å²) < 4.78 is 38.0. The molecule has 2 atom stereocenters. The zero-order valence-electron chi connectivity index (χ0n) is 9.80. The van der Waals surface area contributed by atoms with E-state index in [1.165, 1.54) is 0 Å². The van der Waals surface area contributed by atoms with Crippen LogP contribution in [-0.2, 0) is 9.59 Å². The molecule has 1 heterocycles. The molecule has 0 bridgehead atoms. The summed E-state index contributed by atoms with van der Waals surface area (Å²) in [5.74, 6) is -3.06. The van der Waals surface area contributed by atoms with Crippen LogP contribution < -0.4 is 10.6 Å². The summed E-state index contributed by atoms with van der Waals surface area (Å²) in [4.78, 5) is 22.4. The Hall–Kier alpha value is -1.31. The Morgan fingerprint density at radius 1 is 1.33 bits per heavy atom. The van der Waals surface area contributed by atoms with Crippen LogP contribution in [0.3, 0.4) is 0 Å². The monoisotopic (exact) mass is 268 g/mol. The van der Waals surface area contributed by atoms with Gasteiger partial charge in [0.05, 0.1) is 6.04 Å². The van der Waals surface area contributed by atoms with Crippen LogP contribution in [0.1, 0.15) is 26.2 Å². The molecule has 1 fully saturated rings. The Labute approximate surface area is 102 Å². The fourth-order valence-electron chi connectivity index (χ4n) is 1.65. The third kappa shape index (κ3) is 2.92. The van der Waals surface area contributed by atoms with Gasteiger partial charge in [0.15, 0.2) is 0 Å². The molecule has 3 N–H and O–H groups in total. The van der Waals surface area contributed by atoms with E-state index in [1.807, 2.05) is 0 Å². The molecular formula is C10H15F3N2O3. The molecule has 1 saturated heterocycles. The standard InChI is InChI=1S/C10H15F3N2O3/c1-9(8(17)18,10(11,12)13)15-7(16)6-4-2-3-5-14-6/h6,14H,2-5H2,1H3,(H,15,16)(H,17,18)/t6-,9?/m0/s1. The van der Waals surface area contributed by atoms with E-state index in [0.717, 1.165) is 12.8 Å². The van der Waals surface area contributed by atoms with Gasteiger partial charge >= 0.3 is 12.1 Å². The lowest BCUT2D eigenvalue weighted by atomic mass is 9.99. The van der Waals surface area contributed by atoms with Crippen molar-refractivity contribution >= 4 is 11.9 Å². The summed E-state index contributed by atoms with van der Waals surface area (Å²) in [6.45, 7) is 0.976. The Morgan fingerprint density at radius 3 is 2.33 bits per heavy atom. The minimum atomic E-state index is -5.05. The summed E-state index contributed by atoms with van der Waals surface area (Å²) in [6.07, 6.45) is -3.08. The SMILES string of the molecule is CC(NC(=O)[C@@H]1CCCCN1)(C(=O)O)C(F)(F)F. The molecule has 5 nitrogen and oxygen atoms in total. The molecule has 0 aromatic heterocycles. The van der Waals surface area contributed by atoms with Crippen molar-refractivity contribution in [2.45, 2.75) is 43.9 Å². The van der Waals surface area contributed by atoms with Crippen LogP contribution in [0.25, 0.3) is 0 Å². The number of carbonyl (C=O) groups excluding carboxylic acids is 1. The molecule has 0 aliphatic carbocycles. The van der Waals surface area contributed by atoms with Gasteiger partial charge in [0.25, 0.3) is 0 Å². The van der Waals surface area contributed by atoms with E-state index in [4.69, 9.17) is 5.11 Å². The maximum absolute atomic E-state index is 12.7. The van der Waals surface area contributed by atoms with Gasteiger partial charge in [-0.2, -0.15) is 13.2 Å². The summed E-state index contributed by atoms with van der Waals surface area (Å²) in [5, 5.41) is 13.0. The first-order valence-corrected chi connectivity index (χ1v) is 5.54. The van der Waals surface area contributed by atoms with E-state index in [1.54, 1.807) is 5.32 Å². The lowest BCUT2D eigenvalue weighted by molar-refractivity contribution is -0.207. The molecule has 0 aromatic carbocycles. The molecule has 104 valence electrons. The number of aliphatic carboxylic acids is 1. The molecule has 1 unspecified atom stereocenters. The summed E-state index contributed by atoms with van der Waals surface area (Å²) >= 11 is 0. The van der Waals surface area contributed by atoms with Crippen molar-refractivity contribution in [3.05, 3.63) is 0 Å². The first-order valence-electron chi connectivity index (χ1n) is 5.54. The van der Waals surface area contributed by atoms with E-state index in [9.17, 15) is 22.8 Å². The first-order chi connectivity index (χ1) is 8.18. The van der Waals surface area contributed by atoms with Gasteiger partial charge in [-0.05, 0) is 26.3 Å². The average Bonchev–Trinajstić information content (AvgIpc) is 2.28. The number of alkyl halides is 3. The van der Waals surface area contributed by atoms with E-state index < -0.39 is 29.6 Å². The molecule has 8 heteroatoms. The first kappa shape index (κ1) is 14.7. The van der Waals surface area contributed by atoms with Crippen molar-refractivity contribution in [3.63, 3.8) is 0 Å². The van der Waals surface area contributed by atoms with E-state index in [2.05, 4.69) is 5.32 Å². The molecule has 18 heavy (non-hydrogen) atoms. The number of hydrogen-bond acceptors (Lipinski definition) is 3. The number of carbonyl (C=O) groups is 2. The van der Waals surface area contributed by atoms with Crippen LogP contribution in [0.2, 0.25) is 0 Å². The smallest absolute Gasteiger partial charge is 0.422 e. The van der Waals surface area contributed by atoms with Gasteiger partial charge in [0.1, 0.15) is 0 Å². The van der Waals surface area contributed by atoms with Crippen LogP contribution in [0.5, 0.6) is 0 Å². The van der Waals surface area contributed by atoms with Crippen molar-refractivity contribution in [1.29, 1.82) is 0 Å². The fraction of sp³-hybridized carbons (Fsp3) is 0.800. The number of carboxylic acid groups (broad SMARTS) is 1. The highest BCUT2D eigenvalue weighted by Crippen LogP contribution is 2.30. The van der Waals surface area contributed by atoms with Crippen LogP contribution in [0.15, 0.2) is 0 Å². The number of amides is 1. The molecule has 1 rings (SSSR count). The van der Waals surface area contributed by atoms with Crippen molar-refractivity contribution in [2.24, 2.45) is 0 Å². The van der Waals surface area contributed by atoms with E-state index in [-0.39, 0.29) is 0 Å². The van der Waals surface area contributed by atoms with Crippen molar-refractivity contribution in [2.75, 3.05) is 6.54 Å². The Kier molecular flexibility index (Phi) is 4.20. The van der Waals surface area contributed by atoms with Gasteiger partial charge in [-0.3, -0.25) is 4.79 Å². The maximum Gasteiger partial charge on any atom is 0.422 e. The number of piperidine rings is 1. The number of rotatable bonds is 3. The van der Waals surface area contributed by atoms with Gasteiger partial charge in [0, 0.05) is 0 Å². The molecule has 1 aliphatic rings. The van der Waals surface area contributed by atoms with Gasteiger partial charge in [0.2, 0.25) is 11.4 Å². The topological polar surface area (TPSA) is 78.4 Å². The van der Waals surface area contributed by atoms with Gasteiger partial charge < -0.3 is 15.7 Å². The van der Waals surface area contributed by atoms with Gasteiger partial charge in [-0.25, -0.2) is 4.79 Å². The highest BCUT2D eigenvalue weighted by atomic mass is 19.4. The van der Waals surface area contributed by atoms with Crippen LogP contribution in [0, 0.1) is 0 Å². The van der Waals surface area contributed by atoms with Gasteiger partial charge in [-0.15, -0.1) is 0 Å². The van der Waals surface area contributed by atoms with E-state index in [0.29, 0.717) is 19.9 Å². The van der Waals surface area contributed by atoms with Crippen LogP contribution in [0.4, 0.5) is 13.2 Å². The quantitative estimate of drug-likeness (QED) is 0.702.